The Morgan fingerprint density at radius 2 is 0.811 bits per heavy atom. The number of carbonyl (C=O) groups excluding carboxylic acids is 1. The van der Waals surface area contributed by atoms with Crippen LogP contribution >= 0.6 is 0 Å². The molecule has 1 heterocycles. The lowest BCUT2D eigenvalue weighted by atomic mass is 10.0. The van der Waals surface area contributed by atoms with Gasteiger partial charge in [-0.25, -0.2) is 4.79 Å². The minimum absolute atomic E-state index is 0.234. The molecule has 0 aliphatic rings. The zero-order valence-corrected chi connectivity index (χ0v) is 24.7. The summed E-state index contributed by atoms with van der Waals surface area (Å²) in [6.07, 6.45) is 39.7. The van der Waals surface area contributed by atoms with Crippen LogP contribution in [0.3, 0.4) is 0 Å². The number of nitrogens with zero attached hydrogens (tertiary/aromatic N) is 1. The number of carbonyl (C=O) groups is 1. The highest BCUT2D eigenvalue weighted by Gasteiger charge is 2.05. The van der Waals surface area contributed by atoms with Crippen LogP contribution in [0.15, 0.2) is 24.5 Å². The molecule has 0 saturated carbocycles. The summed E-state index contributed by atoms with van der Waals surface area (Å²) in [6, 6.07) is 3.40. The van der Waals surface area contributed by atoms with Crippen LogP contribution in [0.2, 0.25) is 0 Å². The standard InChI is InChI=1S/C34H61NO2/c1-2-3-4-5-6-7-8-9-10-11-12-13-14-15-16-17-18-19-20-21-22-23-24-25-26-27-32-37-34(36)33-28-30-35-31-29-33/h28-31H,2-27,32H2,1H3. The molecule has 0 aromatic carbocycles. The van der Waals surface area contributed by atoms with Crippen molar-refractivity contribution >= 4 is 5.97 Å². The number of hydrogen-bond donors (Lipinski definition) is 0. The van der Waals surface area contributed by atoms with Gasteiger partial charge in [-0.05, 0) is 18.6 Å². The molecule has 0 radical (unpaired) electrons. The molecule has 1 aromatic heterocycles. The molecular formula is C34H61NO2. The minimum Gasteiger partial charge on any atom is -0.462 e. The highest BCUT2D eigenvalue weighted by atomic mass is 16.5. The lowest BCUT2D eigenvalue weighted by Gasteiger charge is -2.05. The first-order valence-corrected chi connectivity index (χ1v) is 16.4. The van der Waals surface area contributed by atoms with Gasteiger partial charge in [-0.1, -0.05) is 167 Å². The summed E-state index contributed by atoms with van der Waals surface area (Å²) in [5.74, 6) is -0.234. The fourth-order valence-electron chi connectivity index (χ4n) is 5.15. The summed E-state index contributed by atoms with van der Waals surface area (Å²) in [5, 5.41) is 0. The van der Waals surface area contributed by atoms with E-state index in [9.17, 15) is 4.79 Å². The van der Waals surface area contributed by atoms with Crippen molar-refractivity contribution in [2.75, 3.05) is 6.61 Å². The molecule has 0 fully saturated rings. The van der Waals surface area contributed by atoms with Gasteiger partial charge < -0.3 is 4.74 Å². The number of esters is 1. The molecule has 37 heavy (non-hydrogen) atoms. The van der Waals surface area contributed by atoms with Gasteiger partial charge in [0, 0.05) is 12.4 Å². The molecule has 0 atom stereocenters. The maximum absolute atomic E-state index is 11.8. The van der Waals surface area contributed by atoms with Crippen molar-refractivity contribution in [2.24, 2.45) is 0 Å². The van der Waals surface area contributed by atoms with Gasteiger partial charge in [0.25, 0.3) is 0 Å². The Balaban J connectivity index is 1.66. The third kappa shape index (κ3) is 23.5. The first kappa shape index (κ1) is 33.6. The number of rotatable bonds is 28. The fraction of sp³-hybridized carbons (Fsp3) is 0.824. The Labute approximate surface area is 231 Å². The molecular weight excluding hydrogens is 454 g/mol. The minimum atomic E-state index is -0.234. The largest absolute Gasteiger partial charge is 0.462 e. The van der Waals surface area contributed by atoms with Crippen LogP contribution in [-0.4, -0.2) is 17.6 Å². The van der Waals surface area contributed by atoms with Crippen LogP contribution in [0.5, 0.6) is 0 Å². The van der Waals surface area contributed by atoms with E-state index >= 15 is 0 Å². The van der Waals surface area contributed by atoms with Crippen LogP contribution in [-0.2, 0) is 4.74 Å². The van der Waals surface area contributed by atoms with Crippen LogP contribution in [0.1, 0.15) is 184 Å². The second kappa shape index (κ2) is 27.6. The van der Waals surface area contributed by atoms with E-state index in [1.54, 1.807) is 24.5 Å². The average molecular weight is 516 g/mol. The number of ether oxygens (including phenoxy) is 1. The first-order valence-electron chi connectivity index (χ1n) is 16.4. The monoisotopic (exact) mass is 515 g/mol. The third-order valence-corrected chi connectivity index (χ3v) is 7.65. The van der Waals surface area contributed by atoms with E-state index in [2.05, 4.69) is 11.9 Å². The Morgan fingerprint density at radius 3 is 1.14 bits per heavy atom. The lowest BCUT2D eigenvalue weighted by Crippen LogP contribution is -2.06. The van der Waals surface area contributed by atoms with Crippen LogP contribution in [0.25, 0.3) is 0 Å². The Morgan fingerprint density at radius 1 is 0.514 bits per heavy atom. The van der Waals surface area contributed by atoms with Crippen LogP contribution in [0.4, 0.5) is 0 Å². The summed E-state index contributed by atoms with van der Waals surface area (Å²) in [4.78, 5) is 15.8. The molecule has 1 rings (SSSR count). The normalized spacial score (nSPS) is 11.2. The van der Waals surface area contributed by atoms with Crippen molar-refractivity contribution in [1.82, 2.24) is 4.98 Å². The molecule has 0 spiro atoms. The van der Waals surface area contributed by atoms with E-state index < -0.39 is 0 Å². The molecule has 0 aliphatic carbocycles. The molecule has 0 N–H and O–H groups in total. The molecule has 0 unspecified atom stereocenters. The highest BCUT2D eigenvalue weighted by Crippen LogP contribution is 2.16. The summed E-state index contributed by atoms with van der Waals surface area (Å²) >= 11 is 0. The smallest absolute Gasteiger partial charge is 0.338 e. The molecule has 0 saturated heterocycles. The second-order valence-corrected chi connectivity index (χ2v) is 11.2. The topological polar surface area (TPSA) is 39.2 Å². The predicted molar refractivity (Wildman–Crippen MR) is 160 cm³/mol. The van der Waals surface area contributed by atoms with E-state index in [-0.39, 0.29) is 5.97 Å². The van der Waals surface area contributed by atoms with Crippen molar-refractivity contribution in [3.05, 3.63) is 30.1 Å². The molecule has 214 valence electrons. The van der Waals surface area contributed by atoms with Crippen molar-refractivity contribution in [1.29, 1.82) is 0 Å². The third-order valence-electron chi connectivity index (χ3n) is 7.65. The molecule has 1 aromatic rings. The maximum Gasteiger partial charge on any atom is 0.338 e. The Bertz CT molecular complexity index is 589. The Kier molecular flexibility index (Phi) is 25.1. The van der Waals surface area contributed by atoms with Gasteiger partial charge in [-0.2, -0.15) is 0 Å². The van der Waals surface area contributed by atoms with E-state index in [1.807, 2.05) is 0 Å². The number of aromatic nitrogens is 1. The summed E-state index contributed by atoms with van der Waals surface area (Å²) in [7, 11) is 0. The van der Waals surface area contributed by atoms with Gasteiger partial charge in [-0.3, -0.25) is 4.98 Å². The van der Waals surface area contributed by atoms with E-state index in [0.717, 1.165) is 12.8 Å². The van der Waals surface area contributed by atoms with E-state index in [0.29, 0.717) is 12.2 Å². The van der Waals surface area contributed by atoms with Gasteiger partial charge in [0.2, 0.25) is 0 Å². The first-order chi connectivity index (χ1) is 18.3. The second-order valence-electron chi connectivity index (χ2n) is 11.2. The number of unbranched alkanes of at least 4 members (excludes halogenated alkanes) is 25. The predicted octanol–water partition coefficient (Wildman–Crippen LogP) is 11.4. The van der Waals surface area contributed by atoms with Crippen molar-refractivity contribution < 1.29 is 9.53 Å². The molecule has 0 amide bonds. The summed E-state index contributed by atoms with van der Waals surface area (Å²) < 4.78 is 5.32. The Hall–Kier alpha value is -1.38. The fourth-order valence-corrected chi connectivity index (χ4v) is 5.15. The SMILES string of the molecule is CCCCCCCCCCCCCCCCCCCCCCCCCCCCOC(=O)c1ccncc1. The summed E-state index contributed by atoms with van der Waals surface area (Å²) in [6.45, 7) is 2.83. The number of hydrogen-bond acceptors (Lipinski definition) is 3. The van der Waals surface area contributed by atoms with Crippen LogP contribution < -0.4 is 0 Å². The lowest BCUT2D eigenvalue weighted by molar-refractivity contribution is 0.0497. The van der Waals surface area contributed by atoms with Gasteiger partial charge in [0.1, 0.15) is 0 Å². The van der Waals surface area contributed by atoms with E-state index in [1.165, 1.54) is 154 Å². The maximum atomic E-state index is 11.8. The van der Waals surface area contributed by atoms with Crippen LogP contribution in [0, 0.1) is 0 Å². The molecule has 0 bridgehead atoms. The van der Waals surface area contributed by atoms with Gasteiger partial charge in [-0.15, -0.1) is 0 Å². The van der Waals surface area contributed by atoms with Gasteiger partial charge >= 0.3 is 5.97 Å². The molecule has 3 heteroatoms. The zero-order valence-electron chi connectivity index (χ0n) is 24.7. The van der Waals surface area contributed by atoms with Gasteiger partial charge in [0.15, 0.2) is 0 Å². The zero-order chi connectivity index (χ0) is 26.5. The number of pyridine rings is 1. The van der Waals surface area contributed by atoms with Crippen molar-refractivity contribution in [3.63, 3.8) is 0 Å². The van der Waals surface area contributed by atoms with Crippen molar-refractivity contribution in [2.45, 2.75) is 174 Å². The molecule has 3 nitrogen and oxygen atoms in total. The highest BCUT2D eigenvalue weighted by molar-refractivity contribution is 5.89. The van der Waals surface area contributed by atoms with Crippen molar-refractivity contribution in [3.8, 4) is 0 Å². The van der Waals surface area contributed by atoms with E-state index in [4.69, 9.17) is 4.74 Å². The average Bonchev–Trinajstić information content (AvgIpc) is 2.93. The molecule has 0 aliphatic heterocycles. The quantitative estimate of drug-likeness (QED) is 0.0822. The van der Waals surface area contributed by atoms with Gasteiger partial charge in [0.05, 0.1) is 12.2 Å². The summed E-state index contributed by atoms with van der Waals surface area (Å²) in [5.41, 5.74) is 0.588.